The molecule has 0 aromatic heterocycles. The van der Waals surface area contributed by atoms with E-state index in [1.54, 1.807) is 0 Å². The van der Waals surface area contributed by atoms with Crippen LogP contribution in [0.4, 0.5) is 0 Å². The Kier molecular flexibility index (Phi) is 11.1. The molecule has 0 rings (SSSR count). The lowest BCUT2D eigenvalue weighted by atomic mass is 10.2. The van der Waals surface area contributed by atoms with E-state index < -0.39 is 30.6 Å². The van der Waals surface area contributed by atoms with Crippen molar-refractivity contribution in [2.75, 3.05) is 13.2 Å². The van der Waals surface area contributed by atoms with E-state index in [1.165, 1.54) is 0 Å². The lowest BCUT2D eigenvalue weighted by Crippen LogP contribution is -2.33. The van der Waals surface area contributed by atoms with Gasteiger partial charge in [-0.05, 0) is 19.4 Å². The second-order valence-corrected chi connectivity index (χ2v) is 3.00. The Balaban J connectivity index is 0. The average molecular weight is 237 g/mol. The number of aliphatic carboxylic acids is 2. The number of hydrogen-bond acceptors (Lipinski definition) is 6. The molecule has 16 heavy (non-hydrogen) atoms. The van der Waals surface area contributed by atoms with E-state index in [9.17, 15) is 9.59 Å². The first-order valence-corrected chi connectivity index (χ1v) is 4.64. The Hall–Kier alpha value is -1.22. The molecule has 0 heterocycles. The molecule has 8 nitrogen and oxygen atoms in total. The normalized spacial score (nSPS) is 13.2. The third-order valence-corrected chi connectivity index (χ3v) is 1.55. The summed E-state index contributed by atoms with van der Waals surface area (Å²) in [6, 6.07) is -1.87. The fourth-order valence-electron chi connectivity index (χ4n) is 0.539. The first-order chi connectivity index (χ1) is 7.36. The van der Waals surface area contributed by atoms with Crippen molar-refractivity contribution in [2.24, 2.45) is 17.2 Å². The Morgan fingerprint density at radius 3 is 1.69 bits per heavy atom. The van der Waals surface area contributed by atoms with E-state index in [-0.39, 0.29) is 0 Å². The lowest BCUT2D eigenvalue weighted by Gasteiger charge is -2.02. The summed E-state index contributed by atoms with van der Waals surface area (Å²) in [5.74, 6) is -2.13. The van der Waals surface area contributed by atoms with Gasteiger partial charge in [-0.2, -0.15) is 0 Å². The van der Waals surface area contributed by atoms with Crippen LogP contribution >= 0.6 is 0 Å². The van der Waals surface area contributed by atoms with Crippen molar-refractivity contribution in [3.8, 4) is 0 Å². The molecule has 0 spiro atoms. The molecule has 0 radical (unpaired) electrons. The summed E-state index contributed by atoms with van der Waals surface area (Å²) in [6.07, 6.45) is 1.14. The largest absolute Gasteiger partial charge is 0.480 e. The molecule has 8 heteroatoms. The SMILES string of the molecule is NC(CO)C(=O)O.NCCCC(N)C(=O)O. The Labute approximate surface area is 93.0 Å². The van der Waals surface area contributed by atoms with Gasteiger partial charge in [0.2, 0.25) is 0 Å². The highest BCUT2D eigenvalue weighted by atomic mass is 16.4. The molecule has 0 saturated heterocycles. The van der Waals surface area contributed by atoms with E-state index in [0.29, 0.717) is 19.4 Å². The predicted octanol–water partition coefficient (Wildman–Crippen LogP) is -2.47. The van der Waals surface area contributed by atoms with Crippen molar-refractivity contribution >= 4 is 11.9 Å². The quantitative estimate of drug-likeness (QED) is 0.294. The van der Waals surface area contributed by atoms with Gasteiger partial charge in [-0.1, -0.05) is 0 Å². The van der Waals surface area contributed by atoms with Crippen molar-refractivity contribution in [3.63, 3.8) is 0 Å². The number of nitrogens with two attached hydrogens (primary N) is 3. The van der Waals surface area contributed by atoms with Gasteiger partial charge < -0.3 is 32.5 Å². The number of carboxylic acids is 2. The third-order valence-electron chi connectivity index (χ3n) is 1.55. The average Bonchev–Trinajstić information content (AvgIpc) is 2.25. The van der Waals surface area contributed by atoms with Crippen molar-refractivity contribution in [2.45, 2.75) is 24.9 Å². The van der Waals surface area contributed by atoms with Crippen LogP contribution in [0.25, 0.3) is 0 Å². The fourth-order valence-corrected chi connectivity index (χ4v) is 0.539. The lowest BCUT2D eigenvalue weighted by molar-refractivity contribution is -0.140. The molecule has 2 unspecified atom stereocenters. The molecule has 0 aromatic rings. The molecule has 0 saturated carbocycles. The monoisotopic (exact) mass is 237 g/mol. The molecular weight excluding hydrogens is 218 g/mol. The molecule has 0 bridgehead atoms. The van der Waals surface area contributed by atoms with Crippen LogP contribution in [0.1, 0.15) is 12.8 Å². The van der Waals surface area contributed by atoms with Crippen LogP contribution in [0.2, 0.25) is 0 Å². The topological polar surface area (TPSA) is 173 Å². The first-order valence-electron chi connectivity index (χ1n) is 4.64. The second kappa shape index (κ2) is 10.3. The van der Waals surface area contributed by atoms with Crippen LogP contribution < -0.4 is 17.2 Å². The zero-order valence-electron chi connectivity index (χ0n) is 8.87. The molecule has 9 N–H and O–H groups in total. The van der Waals surface area contributed by atoms with Crippen LogP contribution in [0.15, 0.2) is 0 Å². The van der Waals surface area contributed by atoms with Gasteiger partial charge in [0, 0.05) is 0 Å². The fraction of sp³-hybridized carbons (Fsp3) is 0.750. The summed E-state index contributed by atoms with van der Waals surface area (Å²) in [5.41, 5.74) is 15.0. The molecule has 0 aliphatic rings. The van der Waals surface area contributed by atoms with Crippen LogP contribution in [0.5, 0.6) is 0 Å². The predicted molar refractivity (Wildman–Crippen MR) is 56.6 cm³/mol. The summed E-state index contributed by atoms with van der Waals surface area (Å²) in [5, 5.41) is 24.1. The number of carboxylic acid groups (broad SMARTS) is 2. The van der Waals surface area contributed by atoms with Crippen LogP contribution in [-0.2, 0) is 9.59 Å². The molecule has 0 amide bonds. The van der Waals surface area contributed by atoms with E-state index >= 15 is 0 Å². The second-order valence-electron chi connectivity index (χ2n) is 3.00. The zero-order valence-corrected chi connectivity index (χ0v) is 8.87. The van der Waals surface area contributed by atoms with Gasteiger partial charge in [-0.3, -0.25) is 9.59 Å². The molecule has 96 valence electrons. The van der Waals surface area contributed by atoms with Gasteiger partial charge >= 0.3 is 11.9 Å². The molecule has 0 aliphatic carbocycles. The van der Waals surface area contributed by atoms with E-state index in [0.717, 1.165) is 0 Å². The molecule has 2 atom stereocenters. The van der Waals surface area contributed by atoms with Crippen molar-refractivity contribution in [1.82, 2.24) is 0 Å². The highest BCUT2D eigenvalue weighted by Crippen LogP contribution is 1.91. The van der Waals surface area contributed by atoms with E-state index in [4.69, 9.17) is 32.5 Å². The molecule has 0 fully saturated rings. The zero-order chi connectivity index (χ0) is 13.1. The number of rotatable bonds is 6. The summed E-state index contributed by atoms with van der Waals surface area (Å²) in [7, 11) is 0. The minimum absolute atomic E-state index is 0.464. The highest BCUT2D eigenvalue weighted by Gasteiger charge is 2.08. The van der Waals surface area contributed by atoms with Crippen molar-refractivity contribution < 1.29 is 24.9 Å². The maximum Gasteiger partial charge on any atom is 0.322 e. The van der Waals surface area contributed by atoms with E-state index in [1.807, 2.05) is 0 Å². The summed E-state index contributed by atoms with van der Waals surface area (Å²) >= 11 is 0. The Bertz CT molecular complexity index is 212. The third kappa shape index (κ3) is 10.9. The smallest absolute Gasteiger partial charge is 0.322 e. The molecule has 0 aromatic carbocycles. The number of aliphatic hydroxyl groups excluding tert-OH is 1. The number of aliphatic hydroxyl groups is 1. The maximum atomic E-state index is 10.0. The number of hydrogen-bond donors (Lipinski definition) is 6. The summed E-state index contributed by atoms with van der Waals surface area (Å²) < 4.78 is 0. The molecule has 0 aliphatic heterocycles. The number of carbonyl (C=O) groups is 2. The summed E-state index contributed by atoms with van der Waals surface area (Å²) in [4.78, 5) is 19.7. The van der Waals surface area contributed by atoms with Crippen LogP contribution in [0, 0.1) is 0 Å². The van der Waals surface area contributed by atoms with Crippen molar-refractivity contribution in [1.29, 1.82) is 0 Å². The maximum absolute atomic E-state index is 10.0. The van der Waals surface area contributed by atoms with Crippen LogP contribution in [0.3, 0.4) is 0 Å². The standard InChI is InChI=1S/C5H12N2O2.C3H7NO3/c6-3-1-2-4(7)5(8)9;4-2(1-5)3(6)7/h4H,1-3,6-7H2,(H,8,9);2,5H,1,4H2,(H,6,7). The van der Waals surface area contributed by atoms with Gasteiger partial charge in [-0.25, -0.2) is 0 Å². The van der Waals surface area contributed by atoms with Crippen molar-refractivity contribution in [3.05, 3.63) is 0 Å². The first kappa shape index (κ1) is 17.2. The van der Waals surface area contributed by atoms with Gasteiger partial charge in [0.15, 0.2) is 0 Å². The Morgan fingerprint density at radius 2 is 1.50 bits per heavy atom. The van der Waals surface area contributed by atoms with Gasteiger partial charge in [0.25, 0.3) is 0 Å². The minimum atomic E-state index is -1.18. The van der Waals surface area contributed by atoms with Crippen LogP contribution in [-0.4, -0.2) is 52.5 Å². The van der Waals surface area contributed by atoms with Gasteiger partial charge in [0.1, 0.15) is 12.1 Å². The highest BCUT2D eigenvalue weighted by molar-refractivity contribution is 5.73. The van der Waals surface area contributed by atoms with E-state index in [2.05, 4.69) is 0 Å². The Morgan fingerprint density at radius 1 is 1.06 bits per heavy atom. The summed E-state index contributed by atoms with van der Waals surface area (Å²) in [6.45, 7) is -0.00366. The molecular formula is C8H19N3O5. The van der Waals surface area contributed by atoms with Gasteiger partial charge in [-0.15, -0.1) is 0 Å². The van der Waals surface area contributed by atoms with Gasteiger partial charge in [0.05, 0.1) is 6.61 Å². The minimum Gasteiger partial charge on any atom is -0.480 e.